The van der Waals surface area contributed by atoms with Crippen LogP contribution in [0.5, 0.6) is 0 Å². The Morgan fingerprint density at radius 1 is 0.943 bits per heavy atom. The molecule has 1 aromatic heterocycles. The lowest BCUT2D eigenvalue weighted by molar-refractivity contribution is -0.133. The van der Waals surface area contributed by atoms with Crippen molar-refractivity contribution >= 4 is 17.7 Å². The summed E-state index contributed by atoms with van der Waals surface area (Å²) in [5, 5.41) is 0.798. The molecule has 3 heterocycles. The molecule has 3 aromatic rings. The van der Waals surface area contributed by atoms with Crippen LogP contribution >= 0.6 is 11.8 Å². The summed E-state index contributed by atoms with van der Waals surface area (Å²) in [4.78, 5) is 35.6. The number of aromatic nitrogens is 2. The molecule has 1 atom stereocenters. The highest BCUT2D eigenvalue weighted by molar-refractivity contribution is 7.99. The zero-order valence-corrected chi connectivity index (χ0v) is 20.6. The average molecular weight is 487 g/mol. The summed E-state index contributed by atoms with van der Waals surface area (Å²) in [5.74, 6) is 0.896. The molecule has 1 unspecified atom stereocenters. The van der Waals surface area contributed by atoms with Gasteiger partial charge in [-0.1, -0.05) is 72.4 Å². The summed E-state index contributed by atoms with van der Waals surface area (Å²) in [6, 6.07) is 21.3. The van der Waals surface area contributed by atoms with Gasteiger partial charge < -0.3 is 4.90 Å². The van der Waals surface area contributed by atoms with Crippen molar-refractivity contribution < 1.29 is 4.79 Å². The van der Waals surface area contributed by atoms with Crippen molar-refractivity contribution in [2.24, 2.45) is 0 Å². The van der Waals surface area contributed by atoms with Crippen molar-refractivity contribution in [1.29, 1.82) is 0 Å². The molecule has 2 aromatic carbocycles. The lowest BCUT2D eigenvalue weighted by Gasteiger charge is -2.40. The van der Waals surface area contributed by atoms with Gasteiger partial charge in [0.2, 0.25) is 5.91 Å². The number of rotatable bonds is 5. The molecule has 180 valence electrons. The molecular formula is C28H30N4O2S. The zero-order chi connectivity index (χ0) is 23.8. The Balaban J connectivity index is 1.14. The van der Waals surface area contributed by atoms with Gasteiger partial charge in [-0.2, -0.15) is 0 Å². The molecule has 35 heavy (non-hydrogen) atoms. The third-order valence-corrected chi connectivity index (χ3v) is 8.64. The lowest BCUT2D eigenvalue weighted by Crippen LogP contribution is -2.50. The fourth-order valence-corrected chi connectivity index (χ4v) is 6.90. The number of hydrogen-bond donors (Lipinski definition) is 0. The van der Waals surface area contributed by atoms with Crippen molar-refractivity contribution in [2.45, 2.75) is 42.9 Å². The van der Waals surface area contributed by atoms with Gasteiger partial charge in [-0.3, -0.25) is 19.1 Å². The maximum atomic E-state index is 13.3. The van der Waals surface area contributed by atoms with Gasteiger partial charge in [-0.25, -0.2) is 4.98 Å². The molecule has 3 aliphatic rings. The Morgan fingerprint density at radius 2 is 1.60 bits per heavy atom. The number of hydrogen-bond acceptors (Lipinski definition) is 5. The number of amides is 1. The zero-order valence-electron chi connectivity index (χ0n) is 19.8. The van der Waals surface area contributed by atoms with E-state index in [-0.39, 0.29) is 23.6 Å². The van der Waals surface area contributed by atoms with Crippen molar-refractivity contribution in [2.75, 3.05) is 31.9 Å². The molecule has 0 saturated carbocycles. The first-order chi connectivity index (χ1) is 17.2. The minimum Gasteiger partial charge on any atom is -0.340 e. The summed E-state index contributed by atoms with van der Waals surface area (Å²) in [6.07, 6.45) is 3.10. The number of aryl methyl sites for hydroxylation is 1. The van der Waals surface area contributed by atoms with Crippen LogP contribution < -0.4 is 5.56 Å². The van der Waals surface area contributed by atoms with E-state index in [1.807, 2.05) is 9.47 Å². The van der Waals surface area contributed by atoms with E-state index < -0.39 is 0 Å². The normalized spacial score (nSPS) is 19.7. The fraction of sp³-hybridized carbons (Fsp3) is 0.393. The standard InChI is InChI=1S/C28H30N4O2S/c33-25(18-22-19-35-28-29-24-13-7-12-23(24)27(34)32(22)28)30-14-16-31(17-15-30)26(20-8-3-1-4-9-20)21-10-5-2-6-11-21/h1-6,8-11,22,26H,7,12-19H2. The van der Waals surface area contributed by atoms with Gasteiger partial charge >= 0.3 is 0 Å². The molecule has 1 saturated heterocycles. The molecule has 1 aliphatic carbocycles. The van der Waals surface area contributed by atoms with E-state index in [1.165, 1.54) is 11.1 Å². The molecule has 7 heteroatoms. The van der Waals surface area contributed by atoms with Crippen molar-refractivity contribution in [1.82, 2.24) is 19.4 Å². The number of thioether (sulfide) groups is 1. The Bertz CT molecular complexity index is 1230. The summed E-state index contributed by atoms with van der Waals surface area (Å²) in [5.41, 5.74) is 4.48. The molecule has 0 bridgehead atoms. The molecule has 2 aliphatic heterocycles. The molecule has 6 nitrogen and oxygen atoms in total. The summed E-state index contributed by atoms with van der Waals surface area (Å²) >= 11 is 1.62. The minimum atomic E-state index is -0.0900. The smallest absolute Gasteiger partial charge is 0.257 e. The van der Waals surface area contributed by atoms with Crippen LogP contribution in [0.25, 0.3) is 0 Å². The molecular weight excluding hydrogens is 456 g/mol. The van der Waals surface area contributed by atoms with Gasteiger partial charge in [0.05, 0.1) is 17.8 Å². The van der Waals surface area contributed by atoms with Crippen molar-refractivity contribution in [3.8, 4) is 0 Å². The molecule has 6 rings (SSSR count). The largest absolute Gasteiger partial charge is 0.340 e. The maximum Gasteiger partial charge on any atom is 0.257 e. The summed E-state index contributed by atoms with van der Waals surface area (Å²) in [6.45, 7) is 3.06. The van der Waals surface area contributed by atoms with Crippen LogP contribution in [-0.4, -0.2) is 57.2 Å². The van der Waals surface area contributed by atoms with Crippen LogP contribution in [0.15, 0.2) is 70.6 Å². The van der Waals surface area contributed by atoms with Gasteiger partial charge in [0.15, 0.2) is 5.16 Å². The summed E-state index contributed by atoms with van der Waals surface area (Å²) in [7, 11) is 0. The van der Waals surface area contributed by atoms with Crippen LogP contribution in [0.2, 0.25) is 0 Å². The highest BCUT2D eigenvalue weighted by Crippen LogP contribution is 2.35. The van der Waals surface area contributed by atoms with Gasteiger partial charge in [0.25, 0.3) is 5.56 Å². The number of nitrogens with zero attached hydrogens (tertiary/aromatic N) is 4. The van der Waals surface area contributed by atoms with Gasteiger partial charge in [-0.15, -0.1) is 0 Å². The Morgan fingerprint density at radius 3 is 2.26 bits per heavy atom. The van der Waals surface area contributed by atoms with E-state index in [9.17, 15) is 9.59 Å². The predicted molar refractivity (Wildman–Crippen MR) is 138 cm³/mol. The van der Waals surface area contributed by atoms with Crippen molar-refractivity contribution in [3.63, 3.8) is 0 Å². The van der Waals surface area contributed by atoms with Gasteiger partial charge in [-0.05, 0) is 30.4 Å². The SMILES string of the molecule is O=C(CC1CSc2nc3c(c(=O)n21)CCC3)N1CCN(C(c2ccccc2)c2ccccc2)CC1. The lowest BCUT2D eigenvalue weighted by atomic mass is 9.96. The number of carbonyl (C=O) groups excluding carboxylic acids is 1. The molecule has 0 N–H and O–H groups in total. The first-order valence-electron chi connectivity index (χ1n) is 12.6. The Kier molecular flexibility index (Phi) is 6.20. The van der Waals surface area contributed by atoms with Gasteiger partial charge in [0.1, 0.15) is 0 Å². The van der Waals surface area contributed by atoms with Crippen LogP contribution in [0, 0.1) is 0 Å². The second-order valence-corrected chi connectivity index (χ2v) is 10.6. The topological polar surface area (TPSA) is 58.4 Å². The molecule has 1 amide bonds. The van der Waals surface area contributed by atoms with E-state index >= 15 is 0 Å². The number of piperazine rings is 1. The third-order valence-electron chi connectivity index (χ3n) is 7.55. The number of benzene rings is 2. The second-order valence-electron chi connectivity index (χ2n) is 9.66. The van der Waals surface area contributed by atoms with Crippen LogP contribution in [0.1, 0.15) is 47.3 Å². The number of fused-ring (bicyclic) bond motifs is 2. The molecule has 0 radical (unpaired) electrons. The van der Waals surface area contributed by atoms with Gasteiger partial charge in [0, 0.05) is 43.9 Å². The Hall–Kier alpha value is -2.90. The molecule has 1 fully saturated rings. The monoisotopic (exact) mass is 486 g/mol. The van der Waals surface area contributed by atoms with E-state index in [1.54, 1.807) is 11.8 Å². The van der Waals surface area contributed by atoms with E-state index in [2.05, 4.69) is 65.6 Å². The number of carbonyl (C=O) groups is 1. The maximum absolute atomic E-state index is 13.3. The van der Waals surface area contributed by atoms with Crippen LogP contribution in [0.3, 0.4) is 0 Å². The van der Waals surface area contributed by atoms with Crippen molar-refractivity contribution in [3.05, 3.63) is 93.4 Å². The average Bonchev–Trinajstić information content (AvgIpc) is 3.54. The molecule has 0 spiro atoms. The first kappa shape index (κ1) is 22.6. The van der Waals surface area contributed by atoms with E-state index in [4.69, 9.17) is 4.98 Å². The van der Waals surface area contributed by atoms with E-state index in [0.717, 1.165) is 54.5 Å². The second kappa shape index (κ2) is 9.63. The summed E-state index contributed by atoms with van der Waals surface area (Å²) < 4.78 is 1.81. The fourth-order valence-electron chi connectivity index (χ4n) is 5.75. The van der Waals surface area contributed by atoms with E-state index in [0.29, 0.717) is 19.5 Å². The first-order valence-corrected chi connectivity index (χ1v) is 13.6. The quantitative estimate of drug-likeness (QED) is 0.515. The predicted octanol–water partition coefficient (Wildman–Crippen LogP) is 3.70. The highest BCUT2D eigenvalue weighted by Gasteiger charge is 2.33. The Labute approximate surface area is 210 Å². The van der Waals surface area contributed by atoms with Crippen LogP contribution in [0.4, 0.5) is 0 Å². The third kappa shape index (κ3) is 4.32. The minimum absolute atomic E-state index is 0.0867. The highest BCUT2D eigenvalue weighted by atomic mass is 32.2. The van der Waals surface area contributed by atoms with Crippen LogP contribution in [-0.2, 0) is 17.6 Å².